The first-order valence-electron chi connectivity index (χ1n) is 4.39. The van der Waals surface area contributed by atoms with Crippen molar-refractivity contribution in [3.8, 4) is 5.75 Å². The molecule has 0 atom stereocenters. The summed E-state index contributed by atoms with van der Waals surface area (Å²) in [5, 5.41) is 11.9. The van der Waals surface area contributed by atoms with E-state index >= 15 is 0 Å². The highest BCUT2D eigenvalue weighted by atomic mass is 35.5. The van der Waals surface area contributed by atoms with Crippen LogP contribution in [0.4, 0.5) is 0 Å². The van der Waals surface area contributed by atoms with Gasteiger partial charge < -0.3 is 15.2 Å². The molecular weight excluding hydrogens is 253 g/mol. The number of nitrogens with one attached hydrogen (secondary N) is 1. The molecule has 4 nitrogen and oxygen atoms in total. The van der Waals surface area contributed by atoms with Crippen LogP contribution in [-0.4, -0.2) is 31.8 Å². The van der Waals surface area contributed by atoms with E-state index in [1.165, 1.54) is 12.1 Å². The molecule has 0 spiro atoms. The van der Waals surface area contributed by atoms with Gasteiger partial charge in [0.05, 0.1) is 5.02 Å². The van der Waals surface area contributed by atoms with Gasteiger partial charge in [0.25, 0.3) is 0 Å². The number of carboxylic acids is 1. The van der Waals surface area contributed by atoms with E-state index < -0.39 is 12.6 Å². The highest BCUT2D eigenvalue weighted by molar-refractivity contribution is 6.35. The van der Waals surface area contributed by atoms with Gasteiger partial charge in [-0.25, -0.2) is 4.79 Å². The van der Waals surface area contributed by atoms with Crippen molar-refractivity contribution >= 4 is 29.2 Å². The van der Waals surface area contributed by atoms with E-state index in [0.29, 0.717) is 15.8 Å². The van der Waals surface area contributed by atoms with E-state index in [4.69, 9.17) is 33.0 Å². The number of carboxylic acid groups (broad SMARTS) is 1. The highest BCUT2D eigenvalue weighted by Crippen LogP contribution is 2.27. The van der Waals surface area contributed by atoms with Crippen LogP contribution in [0.1, 0.15) is 0 Å². The van der Waals surface area contributed by atoms with Crippen molar-refractivity contribution in [1.29, 1.82) is 0 Å². The van der Waals surface area contributed by atoms with Gasteiger partial charge in [0, 0.05) is 5.02 Å². The maximum absolute atomic E-state index is 10.2. The first-order valence-corrected chi connectivity index (χ1v) is 5.15. The molecule has 0 unspecified atom stereocenters. The Hall–Kier alpha value is -0.970. The van der Waals surface area contributed by atoms with Gasteiger partial charge in [-0.3, -0.25) is 0 Å². The molecule has 0 amide bonds. The largest absolute Gasteiger partial charge is 0.480 e. The maximum atomic E-state index is 10.2. The Bertz CT molecular complexity index is 345. The number of carbonyl (C=O) groups is 1. The molecule has 0 fully saturated rings. The van der Waals surface area contributed by atoms with Gasteiger partial charge in [-0.2, -0.15) is 0 Å². The SMILES string of the molecule is CNC.O=C(O)COc1ccc(Cl)cc1Cl. The third-order valence-electron chi connectivity index (χ3n) is 1.25. The zero-order valence-corrected chi connectivity index (χ0v) is 10.5. The number of ether oxygens (including phenoxy) is 1. The molecule has 16 heavy (non-hydrogen) atoms. The van der Waals surface area contributed by atoms with Gasteiger partial charge in [0.2, 0.25) is 0 Å². The van der Waals surface area contributed by atoms with Crippen LogP contribution in [0.2, 0.25) is 10.0 Å². The lowest BCUT2D eigenvalue weighted by molar-refractivity contribution is -0.139. The predicted molar refractivity (Wildman–Crippen MR) is 64.6 cm³/mol. The fraction of sp³-hybridized carbons (Fsp3) is 0.300. The molecule has 0 saturated heterocycles. The van der Waals surface area contributed by atoms with E-state index in [-0.39, 0.29) is 0 Å². The molecule has 0 aliphatic heterocycles. The normalized spacial score (nSPS) is 9.00. The quantitative estimate of drug-likeness (QED) is 0.881. The molecule has 0 bridgehead atoms. The molecule has 1 aromatic carbocycles. The second kappa shape index (κ2) is 8.21. The first-order chi connectivity index (χ1) is 7.51. The topological polar surface area (TPSA) is 58.6 Å². The third kappa shape index (κ3) is 6.50. The molecule has 90 valence electrons. The summed E-state index contributed by atoms with van der Waals surface area (Å²) in [6.07, 6.45) is 0. The fourth-order valence-electron chi connectivity index (χ4n) is 0.732. The molecule has 0 radical (unpaired) electrons. The zero-order valence-electron chi connectivity index (χ0n) is 8.96. The van der Waals surface area contributed by atoms with Crippen LogP contribution in [0.25, 0.3) is 0 Å². The summed E-state index contributed by atoms with van der Waals surface area (Å²) in [5.41, 5.74) is 0. The molecule has 1 aromatic rings. The van der Waals surface area contributed by atoms with Gasteiger partial charge in [-0.1, -0.05) is 23.2 Å². The van der Waals surface area contributed by atoms with Crippen LogP contribution in [0.5, 0.6) is 5.75 Å². The molecule has 0 heterocycles. The van der Waals surface area contributed by atoms with Crippen LogP contribution in [-0.2, 0) is 4.79 Å². The fourth-order valence-corrected chi connectivity index (χ4v) is 1.19. The first kappa shape index (κ1) is 15.0. The number of halogens is 2. The minimum Gasteiger partial charge on any atom is -0.480 e. The minimum absolute atomic E-state index is 0.300. The third-order valence-corrected chi connectivity index (χ3v) is 1.78. The molecule has 0 aromatic heterocycles. The Kier molecular flexibility index (Phi) is 7.72. The number of aliphatic carboxylic acids is 1. The zero-order chi connectivity index (χ0) is 12.6. The molecule has 0 aliphatic carbocycles. The summed E-state index contributed by atoms with van der Waals surface area (Å²) >= 11 is 11.3. The van der Waals surface area contributed by atoms with Crippen LogP contribution in [0.15, 0.2) is 18.2 Å². The van der Waals surface area contributed by atoms with E-state index in [9.17, 15) is 4.79 Å². The summed E-state index contributed by atoms with van der Waals surface area (Å²) in [6.45, 7) is -0.415. The maximum Gasteiger partial charge on any atom is 0.341 e. The second-order valence-electron chi connectivity index (χ2n) is 2.76. The predicted octanol–water partition coefficient (Wildman–Crippen LogP) is 2.29. The van der Waals surface area contributed by atoms with Gasteiger partial charge >= 0.3 is 5.97 Å². The monoisotopic (exact) mass is 265 g/mol. The van der Waals surface area contributed by atoms with E-state index in [0.717, 1.165) is 0 Å². The number of hydrogen-bond donors (Lipinski definition) is 2. The van der Waals surface area contributed by atoms with Gasteiger partial charge in [0.1, 0.15) is 5.75 Å². The second-order valence-corrected chi connectivity index (χ2v) is 3.60. The average Bonchev–Trinajstić information content (AvgIpc) is 2.17. The highest BCUT2D eigenvalue weighted by Gasteiger charge is 2.04. The summed E-state index contributed by atoms with van der Waals surface area (Å²) in [5.74, 6) is -0.737. The van der Waals surface area contributed by atoms with Crippen LogP contribution < -0.4 is 10.1 Å². The Labute approximate surface area is 104 Å². The van der Waals surface area contributed by atoms with Gasteiger partial charge in [0.15, 0.2) is 6.61 Å². The van der Waals surface area contributed by atoms with Crippen molar-refractivity contribution in [2.45, 2.75) is 0 Å². The van der Waals surface area contributed by atoms with Crippen molar-refractivity contribution < 1.29 is 14.6 Å². The van der Waals surface area contributed by atoms with Crippen molar-refractivity contribution in [2.75, 3.05) is 20.7 Å². The molecule has 0 aliphatic rings. The van der Waals surface area contributed by atoms with Crippen molar-refractivity contribution in [3.63, 3.8) is 0 Å². The molecule has 6 heteroatoms. The summed E-state index contributed by atoms with van der Waals surface area (Å²) in [6, 6.07) is 4.58. The van der Waals surface area contributed by atoms with Crippen LogP contribution in [0, 0.1) is 0 Å². The van der Waals surface area contributed by atoms with Crippen LogP contribution >= 0.6 is 23.2 Å². The Morgan fingerprint density at radius 2 is 2.00 bits per heavy atom. The average molecular weight is 266 g/mol. The Morgan fingerprint density at radius 3 is 2.44 bits per heavy atom. The van der Waals surface area contributed by atoms with Crippen molar-refractivity contribution in [3.05, 3.63) is 28.2 Å². The lowest BCUT2D eigenvalue weighted by atomic mass is 10.3. The lowest BCUT2D eigenvalue weighted by Crippen LogP contribution is -2.09. The summed E-state index contributed by atoms with van der Waals surface area (Å²) in [7, 11) is 3.75. The Balaban J connectivity index is 0.000000673. The molecule has 1 rings (SSSR count). The molecular formula is C10H13Cl2NO3. The lowest BCUT2D eigenvalue weighted by Gasteiger charge is -2.04. The van der Waals surface area contributed by atoms with Crippen molar-refractivity contribution in [1.82, 2.24) is 5.32 Å². The number of benzene rings is 1. The van der Waals surface area contributed by atoms with Gasteiger partial charge in [-0.05, 0) is 32.3 Å². The smallest absolute Gasteiger partial charge is 0.341 e. The minimum atomic E-state index is -1.05. The molecule has 0 saturated carbocycles. The van der Waals surface area contributed by atoms with E-state index in [1.807, 2.05) is 14.1 Å². The van der Waals surface area contributed by atoms with Gasteiger partial charge in [-0.15, -0.1) is 0 Å². The van der Waals surface area contributed by atoms with Crippen molar-refractivity contribution in [2.24, 2.45) is 0 Å². The summed E-state index contributed by atoms with van der Waals surface area (Å²) < 4.78 is 4.86. The number of rotatable bonds is 3. The van der Waals surface area contributed by atoms with E-state index in [2.05, 4.69) is 5.32 Å². The van der Waals surface area contributed by atoms with E-state index in [1.54, 1.807) is 6.07 Å². The number of hydrogen-bond acceptors (Lipinski definition) is 3. The standard InChI is InChI=1S/C8H6Cl2O3.C2H7N/c9-5-1-2-7(6(10)3-5)13-4-8(11)12;1-3-2/h1-3H,4H2,(H,11,12);3H,1-2H3. The van der Waals surface area contributed by atoms with Crippen LogP contribution in [0.3, 0.4) is 0 Å². The summed E-state index contributed by atoms with van der Waals surface area (Å²) in [4.78, 5) is 10.2. The Morgan fingerprint density at radius 1 is 1.44 bits per heavy atom. The molecule has 2 N–H and O–H groups in total.